The number of nitrogens with zero attached hydrogens (tertiary/aromatic N) is 3. The lowest BCUT2D eigenvalue weighted by Gasteiger charge is -2.21. The van der Waals surface area contributed by atoms with Gasteiger partial charge in [0.25, 0.3) is 0 Å². The van der Waals surface area contributed by atoms with E-state index < -0.39 is 10.0 Å². The Morgan fingerprint density at radius 2 is 1.87 bits per heavy atom. The van der Waals surface area contributed by atoms with E-state index in [0.717, 1.165) is 24.0 Å². The Balaban J connectivity index is 1.76. The van der Waals surface area contributed by atoms with E-state index in [-0.39, 0.29) is 10.6 Å². The largest absolute Gasteiger partial charge is 0.508 e. The van der Waals surface area contributed by atoms with Crippen LogP contribution in [-0.4, -0.2) is 42.1 Å². The van der Waals surface area contributed by atoms with Crippen molar-refractivity contribution in [2.75, 3.05) is 18.5 Å². The molecule has 31 heavy (non-hydrogen) atoms. The zero-order chi connectivity index (χ0) is 22.3. The third-order valence-corrected chi connectivity index (χ3v) is 7.10. The number of rotatable bonds is 10. The smallest absolute Gasteiger partial charge is 0.243 e. The maximum atomic E-state index is 13.1. The lowest BCUT2D eigenvalue weighted by atomic mass is 10.2. The topological polar surface area (TPSA) is 94.9 Å². The first-order chi connectivity index (χ1) is 14.9. The molecule has 0 fully saturated rings. The van der Waals surface area contributed by atoms with E-state index in [1.165, 1.54) is 15.6 Å². The van der Waals surface area contributed by atoms with E-state index >= 15 is 0 Å². The fraction of sp³-hybridized carbons (Fsp3) is 0.273. The van der Waals surface area contributed by atoms with Gasteiger partial charge in [0.05, 0.1) is 16.8 Å². The van der Waals surface area contributed by atoms with Crippen LogP contribution in [0.15, 0.2) is 63.9 Å². The van der Waals surface area contributed by atoms with Crippen molar-refractivity contribution >= 4 is 32.7 Å². The average Bonchev–Trinajstić information content (AvgIpc) is 3.23. The molecule has 0 amide bonds. The molecule has 164 valence electrons. The van der Waals surface area contributed by atoms with Gasteiger partial charge in [0, 0.05) is 24.0 Å². The van der Waals surface area contributed by atoms with Crippen LogP contribution in [0.4, 0.5) is 5.13 Å². The molecule has 3 aromatic rings. The summed E-state index contributed by atoms with van der Waals surface area (Å²) in [4.78, 5) is 4.78. The quantitative estimate of drug-likeness (QED) is 0.337. The summed E-state index contributed by atoms with van der Waals surface area (Å²) in [6.07, 6.45) is 3.12. The second-order valence-corrected chi connectivity index (χ2v) is 9.73. The number of aromatic nitrogens is 1. The Morgan fingerprint density at radius 1 is 1.13 bits per heavy atom. The fourth-order valence-corrected chi connectivity index (χ4v) is 5.38. The highest BCUT2D eigenvalue weighted by atomic mass is 32.2. The molecule has 1 aromatic heterocycles. The number of hydrazone groups is 1. The maximum absolute atomic E-state index is 13.1. The lowest BCUT2D eigenvalue weighted by molar-refractivity contribution is 0.410. The second kappa shape index (κ2) is 10.5. The summed E-state index contributed by atoms with van der Waals surface area (Å²) in [6, 6.07) is 13.6. The van der Waals surface area contributed by atoms with Gasteiger partial charge in [-0.2, -0.15) is 9.41 Å². The summed E-state index contributed by atoms with van der Waals surface area (Å²) in [6.45, 7) is 4.95. The number of sulfonamides is 1. The highest BCUT2D eigenvalue weighted by molar-refractivity contribution is 7.89. The van der Waals surface area contributed by atoms with Crippen molar-refractivity contribution in [1.82, 2.24) is 9.29 Å². The summed E-state index contributed by atoms with van der Waals surface area (Å²) >= 11 is 1.37. The highest BCUT2D eigenvalue weighted by Crippen LogP contribution is 2.28. The molecule has 0 saturated carbocycles. The molecular weight excluding hydrogens is 432 g/mol. The first-order valence-electron chi connectivity index (χ1n) is 10.1. The van der Waals surface area contributed by atoms with Crippen molar-refractivity contribution in [3.63, 3.8) is 0 Å². The standard InChI is InChI=1S/C22H26N4O3S2/c1-3-11-26(12-4-2)31(28,29)20-10-6-8-18(14-20)21-16-30-22(24-21)25-23-15-17-7-5-9-19(27)13-17/h5-10,13-16,27H,3-4,11-12H2,1-2H3,(H,24,25). The molecule has 0 bridgehead atoms. The molecule has 1 heterocycles. The Bertz CT molecular complexity index is 1140. The van der Waals surface area contributed by atoms with Crippen molar-refractivity contribution in [1.29, 1.82) is 0 Å². The second-order valence-electron chi connectivity index (χ2n) is 6.93. The molecule has 2 aromatic carbocycles. The van der Waals surface area contributed by atoms with Crippen LogP contribution in [-0.2, 0) is 10.0 Å². The molecule has 0 atom stereocenters. The van der Waals surface area contributed by atoms with Crippen LogP contribution in [0.25, 0.3) is 11.3 Å². The third kappa shape index (κ3) is 5.90. The molecule has 0 aliphatic heterocycles. The minimum Gasteiger partial charge on any atom is -0.508 e. The van der Waals surface area contributed by atoms with Gasteiger partial charge in [0.2, 0.25) is 15.2 Å². The van der Waals surface area contributed by atoms with E-state index in [4.69, 9.17) is 0 Å². The molecule has 0 aliphatic rings. The zero-order valence-corrected chi connectivity index (χ0v) is 19.2. The first-order valence-corrected chi connectivity index (χ1v) is 12.4. The molecule has 0 saturated heterocycles. The van der Waals surface area contributed by atoms with Gasteiger partial charge in [-0.25, -0.2) is 13.4 Å². The Morgan fingerprint density at radius 3 is 2.58 bits per heavy atom. The molecule has 0 spiro atoms. The van der Waals surface area contributed by atoms with Gasteiger partial charge < -0.3 is 5.11 Å². The van der Waals surface area contributed by atoms with Crippen LogP contribution in [0.3, 0.4) is 0 Å². The number of phenols is 1. The third-order valence-electron chi connectivity index (χ3n) is 4.46. The molecule has 2 N–H and O–H groups in total. The van der Waals surface area contributed by atoms with Crippen molar-refractivity contribution in [2.45, 2.75) is 31.6 Å². The summed E-state index contributed by atoms with van der Waals surface area (Å²) in [5, 5.41) is 16.1. The van der Waals surface area contributed by atoms with Crippen LogP contribution in [0, 0.1) is 0 Å². The lowest BCUT2D eigenvalue weighted by Crippen LogP contribution is -2.32. The van der Waals surface area contributed by atoms with Crippen molar-refractivity contribution in [2.24, 2.45) is 5.10 Å². The predicted octanol–water partition coefficient (Wildman–Crippen LogP) is 4.77. The van der Waals surface area contributed by atoms with Crippen LogP contribution in [0.2, 0.25) is 0 Å². The van der Waals surface area contributed by atoms with Crippen LogP contribution in [0.5, 0.6) is 5.75 Å². The molecular formula is C22H26N4O3S2. The van der Waals surface area contributed by atoms with E-state index in [0.29, 0.717) is 23.9 Å². The van der Waals surface area contributed by atoms with Gasteiger partial charge in [-0.1, -0.05) is 38.1 Å². The van der Waals surface area contributed by atoms with Gasteiger partial charge in [-0.05, 0) is 42.7 Å². The van der Waals surface area contributed by atoms with Crippen LogP contribution < -0.4 is 5.43 Å². The normalized spacial score (nSPS) is 12.0. The Kier molecular flexibility index (Phi) is 7.78. The molecule has 9 heteroatoms. The van der Waals surface area contributed by atoms with Crippen molar-refractivity contribution in [3.8, 4) is 17.0 Å². The summed E-state index contributed by atoms with van der Waals surface area (Å²) in [5.41, 5.74) is 5.03. The molecule has 3 rings (SSSR count). The zero-order valence-electron chi connectivity index (χ0n) is 17.5. The predicted molar refractivity (Wildman–Crippen MR) is 126 cm³/mol. The molecule has 0 radical (unpaired) electrons. The number of benzene rings is 2. The number of nitrogens with one attached hydrogen (secondary N) is 1. The average molecular weight is 459 g/mol. The Hall–Kier alpha value is -2.75. The Labute approximate surface area is 187 Å². The number of phenolic OH excluding ortho intramolecular Hbond substituents is 1. The minimum atomic E-state index is -3.55. The summed E-state index contributed by atoms with van der Waals surface area (Å²) in [7, 11) is -3.55. The highest BCUT2D eigenvalue weighted by Gasteiger charge is 2.23. The molecule has 0 unspecified atom stereocenters. The van der Waals surface area contributed by atoms with Gasteiger partial charge in [-0.15, -0.1) is 11.3 Å². The van der Waals surface area contributed by atoms with Crippen molar-refractivity contribution < 1.29 is 13.5 Å². The fourth-order valence-electron chi connectivity index (χ4n) is 3.04. The number of aromatic hydroxyl groups is 1. The van der Waals surface area contributed by atoms with E-state index in [1.54, 1.807) is 42.6 Å². The number of hydrogen-bond acceptors (Lipinski definition) is 7. The van der Waals surface area contributed by atoms with Gasteiger partial charge >= 0.3 is 0 Å². The van der Waals surface area contributed by atoms with E-state index in [2.05, 4.69) is 15.5 Å². The first kappa shape index (κ1) is 22.9. The molecule has 0 aliphatic carbocycles. The maximum Gasteiger partial charge on any atom is 0.243 e. The SMILES string of the molecule is CCCN(CCC)S(=O)(=O)c1cccc(-c2csc(NN=Cc3cccc(O)c3)n2)c1. The monoisotopic (exact) mass is 458 g/mol. The number of thiazole rings is 1. The van der Waals surface area contributed by atoms with Gasteiger partial charge in [-0.3, -0.25) is 5.43 Å². The minimum absolute atomic E-state index is 0.173. The molecule has 7 nitrogen and oxygen atoms in total. The van der Waals surface area contributed by atoms with Gasteiger partial charge in [0.1, 0.15) is 5.75 Å². The van der Waals surface area contributed by atoms with Crippen molar-refractivity contribution in [3.05, 3.63) is 59.5 Å². The summed E-state index contributed by atoms with van der Waals surface area (Å²) in [5.74, 6) is 0.173. The van der Waals surface area contributed by atoms with E-state index in [1.807, 2.05) is 31.4 Å². The van der Waals surface area contributed by atoms with Gasteiger partial charge in [0.15, 0.2) is 0 Å². The van der Waals surface area contributed by atoms with Crippen LogP contribution >= 0.6 is 11.3 Å². The number of hydrogen-bond donors (Lipinski definition) is 2. The number of anilines is 1. The van der Waals surface area contributed by atoms with E-state index in [9.17, 15) is 13.5 Å². The summed E-state index contributed by atoms with van der Waals surface area (Å²) < 4.78 is 27.7. The van der Waals surface area contributed by atoms with Crippen LogP contribution in [0.1, 0.15) is 32.3 Å².